The van der Waals surface area contributed by atoms with E-state index >= 15 is 0 Å². The number of nitrogens with two attached hydrogens (primary N) is 1. The van der Waals surface area contributed by atoms with Gasteiger partial charge in [0.1, 0.15) is 6.54 Å². The van der Waals surface area contributed by atoms with Crippen LogP contribution in [-0.4, -0.2) is 71.9 Å². The second-order valence-corrected chi connectivity index (χ2v) is 10.2. The van der Waals surface area contributed by atoms with Crippen LogP contribution in [0.2, 0.25) is 5.02 Å². The number of aliphatic hydroxyl groups excluding tert-OH is 1. The summed E-state index contributed by atoms with van der Waals surface area (Å²) in [6.07, 6.45) is -5.75. The van der Waals surface area contributed by atoms with Gasteiger partial charge in [0, 0.05) is 30.6 Å². The van der Waals surface area contributed by atoms with E-state index < -0.39 is 42.2 Å². The van der Waals surface area contributed by atoms with Gasteiger partial charge in [-0.15, -0.1) is 0 Å². The number of carbonyl (C=O) groups is 2. The molecule has 7 nitrogen and oxygen atoms in total. The number of para-hydroxylation sites is 1. The molecule has 0 saturated carbocycles. The number of hydrogen-bond acceptors (Lipinski definition) is 5. The Morgan fingerprint density at radius 3 is 2.47 bits per heavy atom. The number of alkyl halides is 3. The SMILES string of the molecule is CC(C)[C@H](C[C@H](O)[C@@H](N)CN1CC(=O)N(c2ccccc2Cl)CC1(C)C)C(=O)NCC(F)(F)F. The minimum atomic E-state index is -4.52. The van der Waals surface area contributed by atoms with Crippen molar-refractivity contribution < 1.29 is 27.9 Å². The van der Waals surface area contributed by atoms with Crippen LogP contribution in [0.3, 0.4) is 0 Å². The van der Waals surface area contributed by atoms with Gasteiger partial charge >= 0.3 is 6.18 Å². The van der Waals surface area contributed by atoms with Crippen LogP contribution in [0.15, 0.2) is 24.3 Å². The van der Waals surface area contributed by atoms with Gasteiger partial charge in [-0.1, -0.05) is 37.6 Å². The molecule has 0 aliphatic carbocycles. The summed E-state index contributed by atoms with van der Waals surface area (Å²) >= 11 is 6.27. The summed E-state index contributed by atoms with van der Waals surface area (Å²) < 4.78 is 37.4. The molecule has 3 atom stereocenters. The Kier molecular flexibility index (Phi) is 9.37. The van der Waals surface area contributed by atoms with Crippen molar-refractivity contribution in [3.8, 4) is 0 Å². The average Bonchev–Trinajstić information content (AvgIpc) is 2.72. The first-order chi connectivity index (χ1) is 15.6. The molecule has 1 fully saturated rings. The number of carbonyl (C=O) groups excluding carboxylic acids is 2. The summed E-state index contributed by atoms with van der Waals surface area (Å²) in [6.45, 7) is 6.45. The van der Waals surface area contributed by atoms with Crippen LogP contribution >= 0.6 is 11.6 Å². The molecule has 34 heavy (non-hydrogen) atoms. The summed E-state index contributed by atoms with van der Waals surface area (Å²) in [4.78, 5) is 28.7. The summed E-state index contributed by atoms with van der Waals surface area (Å²) in [6, 6.07) is 6.27. The molecule has 1 aliphatic heterocycles. The van der Waals surface area contributed by atoms with Crippen molar-refractivity contribution in [3.63, 3.8) is 0 Å². The second kappa shape index (κ2) is 11.2. The monoisotopic (exact) mass is 506 g/mol. The van der Waals surface area contributed by atoms with Crippen LogP contribution in [0.5, 0.6) is 0 Å². The van der Waals surface area contributed by atoms with Gasteiger partial charge < -0.3 is 21.1 Å². The third kappa shape index (κ3) is 7.56. The number of aliphatic hydroxyl groups is 1. The van der Waals surface area contributed by atoms with Crippen LogP contribution < -0.4 is 16.0 Å². The molecule has 2 amide bonds. The highest BCUT2D eigenvalue weighted by molar-refractivity contribution is 6.33. The zero-order valence-electron chi connectivity index (χ0n) is 19.9. The van der Waals surface area contributed by atoms with Gasteiger partial charge in [-0.05, 0) is 38.3 Å². The fourth-order valence-electron chi connectivity index (χ4n) is 4.05. The van der Waals surface area contributed by atoms with E-state index in [1.807, 2.05) is 24.1 Å². The fourth-order valence-corrected chi connectivity index (χ4v) is 4.29. The Morgan fingerprint density at radius 2 is 1.91 bits per heavy atom. The molecule has 192 valence electrons. The number of nitrogens with one attached hydrogen (secondary N) is 1. The Morgan fingerprint density at radius 1 is 1.29 bits per heavy atom. The number of piperazine rings is 1. The summed E-state index contributed by atoms with van der Waals surface area (Å²) in [7, 11) is 0. The number of hydrogen-bond donors (Lipinski definition) is 3. The lowest BCUT2D eigenvalue weighted by molar-refractivity contribution is -0.142. The van der Waals surface area contributed by atoms with E-state index in [-0.39, 0.29) is 31.3 Å². The lowest BCUT2D eigenvalue weighted by atomic mass is 9.87. The zero-order valence-corrected chi connectivity index (χ0v) is 20.7. The molecule has 2 rings (SSSR count). The third-order valence-corrected chi connectivity index (χ3v) is 6.52. The van der Waals surface area contributed by atoms with Gasteiger partial charge in [-0.3, -0.25) is 14.5 Å². The summed E-state index contributed by atoms with van der Waals surface area (Å²) in [5, 5.41) is 13.0. The van der Waals surface area contributed by atoms with Crippen molar-refractivity contribution in [2.24, 2.45) is 17.6 Å². The van der Waals surface area contributed by atoms with Crippen LogP contribution in [0, 0.1) is 11.8 Å². The first-order valence-electron chi connectivity index (χ1n) is 11.2. The van der Waals surface area contributed by atoms with Crippen molar-refractivity contribution in [2.45, 2.75) is 58.0 Å². The predicted octanol–water partition coefficient (Wildman–Crippen LogP) is 2.80. The van der Waals surface area contributed by atoms with Crippen LogP contribution in [0.1, 0.15) is 34.1 Å². The molecule has 0 aromatic heterocycles. The molecule has 1 aliphatic rings. The molecule has 0 bridgehead atoms. The van der Waals surface area contributed by atoms with Gasteiger partial charge in [0.15, 0.2) is 0 Å². The number of anilines is 1. The van der Waals surface area contributed by atoms with E-state index in [0.717, 1.165) is 0 Å². The Labute approximate surface area is 203 Å². The molecule has 11 heteroatoms. The number of benzene rings is 1. The van der Waals surface area contributed by atoms with E-state index in [0.29, 0.717) is 17.3 Å². The van der Waals surface area contributed by atoms with Crippen LogP contribution in [0.25, 0.3) is 0 Å². The first-order valence-corrected chi connectivity index (χ1v) is 11.6. The normalized spacial score (nSPS) is 19.7. The molecule has 0 unspecified atom stereocenters. The number of halogens is 4. The average molecular weight is 507 g/mol. The van der Waals surface area contributed by atoms with Crippen molar-refractivity contribution in [2.75, 3.05) is 31.1 Å². The Bertz CT molecular complexity index is 866. The van der Waals surface area contributed by atoms with Crippen molar-refractivity contribution in [1.29, 1.82) is 0 Å². The molecule has 1 aromatic rings. The van der Waals surface area contributed by atoms with Gasteiger partial charge in [0.05, 0.1) is 23.4 Å². The minimum absolute atomic E-state index is 0.0539. The lowest BCUT2D eigenvalue weighted by Crippen LogP contribution is -2.64. The quantitative estimate of drug-likeness (QED) is 0.478. The standard InChI is InChI=1S/C23H34ClF3N4O3/c1-14(2)15(21(34)29-12-23(25,26)27)9-19(32)17(28)10-30-11-20(33)31(13-22(30,3)4)18-8-6-5-7-16(18)24/h5-8,14-15,17,19,32H,9-13,28H2,1-4H3,(H,29,34)/t15-,17-,19-/m0/s1. The van der Waals surface area contributed by atoms with Gasteiger partial charge in [-0.25, -0.2) is 0 Å². The minimum Gasteiger partial charge on any atom is -0.391 e. The van der Waals surface area contributed by atoms with Gasteiger partial charge in [0.2, 0.25) is 11.8 Å². The molecule has 1 aromatic carbocycles. The summed E-state index contributed by atoms with van der Waals surface area (Å²) in [5.41, 5.74) is 6.35. The topological polar surface area (TPSA) is 98.9 Å². The number of nitrogens with zero attached hydrogens (tertiary/aromatic N) is 2. The van der Waals surface area contributed by atoms with Crippen molar-refractivity contribution >= 4 is 29.1 Å². The van der Waals surface area contributed by atoms with Crippen molar-refractivity contribution in [3.05, 3.63) is 29.3 Å². The maximum atomic E-state index is 12.9. The largest absolute Gasteiger partial charge is 0.405 e. The molecule has 0 spiro atoms. The van der Waals surface area contributed by atoms with Crippen molar-refractivity contribution in [1.82, 2.24) is 10.2 Å². The second-order valence-electron chi connectivity index (χ2n) is 9.77. The number of rotatable bonds is 9. The highest BCUT2D eigenvalue weighted by Gasteiger charge is 2.40. The number of amides is 2. The molecule has 0 radical (unpaired) electrons. The maximum Gasteiger partial charge on any atom is 0.405 e. The summed E-state index contributed by atoms with van der Waals surface area (Å²) in [5.74, 6) is -2.08. The van der Waals surface area contributed by atoms with E-state index in [1.165, 1.54) is 0 Å². The Balaban J connectivity index is 2.03. The lowest BCUT2D eigenvalue weighted by Gasteiger charge is -2.47. The molecule has 1 heterocycles. The van der Waals surface area contributed by atoms with Crippen LogP contribution in [-0.2, 0) is 9.59 Å². The highest BCUT2D eigenvalue weighted by Crippen LogP contribution is 2.31. The van der Waals surface area contributed by atoms with E-state index in [9.17, 15) is 27.9 Å². The van der Waals surface area contributed by atoms with Gasteiger partial charge in [0.25, 0.3) is 0 Å². The van der Waals surface area contributed by atoms with Crippen LogP contribution in [0.4, 0.5) is 18.9 Å². The Hall–Kier alpha value is -1.88. The third-order valence-electron chi connectivity index (χ3n) is 6.20. The predicted molar refractivity (Wildman–Crippen MR) is 125 cm³/mol. The first kappa shape index (κ1) is 28.4. The fraction of sp³-hybridized carbons (Fsp3) is 0.652. The smallest absolute Gasteiger partial charge is 0.391 e. The molecular weight excluding hydrogens is 473 g/mol. The molecule has 4 N–H and O–H groups in total. The van der Waals surface area contributed by atoms with E-state index in [4.69, 9.17) is 17.3 Å². The van der Waals surface area contributed by atoms with E-state index in [2.05, 4.69) is 0 Å². The van der Waals surface area contributed by atoms with Gasteiger partial charge in [-0.2, -0.15) is 13.2 Å². The zero-order chi connectivity index (χ0) is 25.8. The molecule has 1 saturated heterocycles. The highest BCUT2D eigenvalue weighted by atomic mass is 35.5. The molecular formula is C23H34ClF3N4O3. The van der Waals surface area contributed by atoms with E-state index in [1.54, 1.807) is 43.0 Å². The maximum absolute atomic E-state index is 12.9.